The molecule has 0 radical (unpaired) electrons. The SMILES string of the molecule is Cc1ccc(N2CCOC2=O)cc1NC(=O)N1CC[C@H](Nc2ccccc2)C1. The highest BCUT2D eigenvalue weighted by Crippen LogP contribution is 2.26. The van der Waals surface area contributed by atoms with Gasteiger partial charge in [-0.1, -0.05) is 24.3 Å². The molecule has 2 aromatic rings. The first-order valence-corrected chi connectivity index (χ1v) is 9.52. The molecule has 2 fully saturated rings. The summed E-state index contributed by atoms with van der Waals surface area (Å²) in [7, 11) is 0. The van der Waals surface area contributed by atoms with Gasteiger partial charge in [-0.25, -0.2) is 9.59 Å². The lowest BCUT2D eigenvalue weighted by Gasteiger charge is -2.20. The number of cyclic esters (lactones) is 1. The van der Waals surface area contributed by atoms with Crippen molar-refractivity contribution >= 4 is 29.2 Å². The molecule has 2 aliphatic rings. The molecule has 2 heterocycles. The fraction of sp³-hybridized carbons (Fsp3) is 0.333. The third-order valence-corrected chi connectivity index (χ3v) is 5.16. The van der Waals surface area contributed by atoms with Crippen LogP contribution in [-0.2, 0) is 4.74 Å². The third-order valence-electron chi connectivity index (χ3n) is 5.16. The Balaban J connectivity index is 1.39. The van der Waals surface area contributed by atoms with E-state index in [9.17, 15) is 9.59 Å². The first kappa shape index (κ1) is 18.2. The van der Waals surface area contributed by atoms with E-state index in [1.54, 1.807) is 4.90 Å². The Morgan fingerprint density at radius 1 is 1.14 bits per heavy atom. The summed E-state index contributed by atoms with van der Waals surface area (Å²) < 4.78 is 5.00. The van der Waals surface area contributed by atoms with E-state index in [1.165, 1.54) is 0 Å². The molecule has 0 unspecified atom stereocenters. The van der Waals surface area contributed by atoms with Crippen molar-refractivity contribution in [3.63, 3.8) is 0 Å². The Hall–Kier alpha value is -3.22. The van der Waals surface area contributed by atoms with Gasteiger partial charge in [-0.2, -0.15) is 0 Å². The zero-order valence-electron chi connectivity index (χ0n) is 15.9. The number of aryl methyl sites for hydroxylation is 1. The van der Waals surface area contributed by atoms with Gasteiger partial charge in [0.2, 0.25) is 0 Å². The third kappa shape index (κ3) is 3.88. The number of anilines is 3. The van der Waals surface area contributed by atoms with Crippen LogP contribution in [0.1, 0.15) is 12.0 Å². The molecule has 1 atom stereocenters. The zero-order valence-corrected chi connectivity index (χ0v) is 15.9. The predicted octanol–water partition coefficient (Wildman–Crippen LogP) is 3.67. The zero-order chi connectivity index (χ0) is 19.5. The molecule has 0 aliphatic carbocycles. The van der Waals surface area contributed by atoms with Crippen LogP contribution in [0.2, 0.25) is 0 Å². The van der Waals surface area contributed by atoms with Crippen molar-refractivity contribution in [1.82, 2.24) is 4.90 Å². The van der Waals surface area contributed by atoms with E-state index < -0.39 is 0 Å². The van der Waals surface area contributed by atoms with Crippen molar-refractivity contribution in [2.75, 3.05) is 41.8 Å². The van der Waals surface area contributed by atoms with Crippen LogP contribution in [0.3, 0.4) is 0 Å². The Kier molecular flexibility index (Phi) is 5.06. The van der Waals surface area contributed by atoms with Gasteiger partial charge in [0.25, 0.3) is 0 Å². The fourth-order valence-corrected chi connectivity index (χ4v) is 3.57. The molecule has 2 aliphatic heterocycles. The maximum atomic E-state index is 12.7. The summed E-state index contributed by atoms with van der Waals surface area (Å²) in [5, 5.41) is 6.47. The van der Waals surface area contributed by atoms with Crippen LogP contribution in [0.15, 0.2) is 48.5 Å². The van der Waals surface area contributed by atoms with E-state index in [0.29, 0.717) is 31.9 Å². The molecule has 3 amide bonds. The van der Waals surface area contributed by atoms with E-state index in [4.69, 9.17) is 4.74 Å². The molecule has 2 aromatic carbocycles. The van der Waals surface area contributed by atoms with Crippen LogP contribution in [-0.4, -0.2) is 49.3 Å². The van der Waals surface area contributed by atoms with Crippen LogP contribution in [0.4, 0.5) is 26.7 Å². The van der Waals surface area contributed by atoms with Gasteiger partial charge in [0.05, 0.1) is 6.54 Å². The summed E-state index contributed by atoms with van der Waals surface area (Å²) in [5.41, 5.74) is 3.45. The Labute approximate surface area is 164 Å². The van der Waals surface area contributed by atoms with Crippen molar-refractivity contribution in [1.29, 1.82) is 0 Å². The maximum Gasteiger partial charge on any atom is 0.414 e. The average molecular weight is 380 g/mol. The molecule has 7 nitrogen and oxygen atoms in total. The molecular weight excluding hydrogens is 356 g/mol. The molecule has 146 valence electrons. The van der Waals surface area contributed by atoms with Gasteiger partial charge in [-0.05, 0) is 43.2 Å². The summed E-state index contributed by atoms with van der Waals surface area (Å²) in [6, 6.07) is 15.7. The number of ether oxygens (including phenoxy) is 1. The molecule has 2 N–H and O–H groups in total. The number of hydrogen-bond acceptors (Lipinski definition) is 4. The van der Waals surface area contributed by atoms with Crippen molar-refractivity contribution < 1.29 is 14.3 Å². The number of likely N-dealkylation sites (tertiary alicyclic amines) is 1. The number of rotatable bonds is 4. The molecule has 0 aromatic heterocycles. The van der Waals surface area contributed by atoms with Gasteiger partial charge < -0.3 is 20.3 Å². The van der Waals surface area contributed by atoms with Gasteiger partial charge >= 0.3 is 12.1 Å². The summed E-state index contributed by atoms with van der Waals surface area (Å²) in [4.78, 5) is 27.9. The second-order valence-electron chi connectivity index (χ2n) is 7.14. The lowest BCUT2D eigenvalue weighted by atomic mass is 10.1. The van der Waals surface area contributed by atoms with Crippen LogP contribution >= 0.6 is 0 Å². The minimum atomic E-state index is -0.351. The minimum absolute atomic E-state index is 0.124. The predicted molar refractivity (Wildman–Crippen MR) is 109 cm³/mol. The van der Waals surface area contributed by atoms with E-state index in [0.717, 1.165) is 23.4 Å². The number of nitrogens with one attached hydrogen (secondary N) is 2. The molecule has 2 saturated heterocycles. The molecule has 0 saturated carbocycles. The number of benzene rings is 2. The normalized spacial score (nSPS) is 18.9. The van der Waals surface area contributed by atoms with E-state index in [-0.39, 0.29) is 18.2 Å². The fourth-order valence-electron chi connectivity index (χ4n) is 3.57. The monoisotopic (exact) mass is 380 g/mol. The first-order chi connectivity index (χ1) is 13.6. The summed E-state index contributed by atoms with van der Waals surface area (Å²) in [5.74, 6) is 0. The summed E-state index contributed by atoms with van der Waals surface area (Å²) >= 11 is 0. The average Bonchev–Trinajstić information content (AvgIpc) is 3.33. The second-order valence-corrected chi connectivity index (χ2v) is 7.14. The number of amides is 3. The maximum absolute atomic E-state index is 12.7. The lowest BCUT2D eigenvalue weighted by molar-refractivity contribution is 0.181. The Bertz CT molecular complexity index is 871. The van der Waals surface area contributed by atoms with Crippen LogP contribution < -0.4 is 15.5 Å². The van der Waals surface area contributed by atoms with Gasteiger partial charge in [-0.3, -0.25) is 4.90 Å². The van der Waals surface area contributed by atoms with E-state index in [2.05, 4.69) is 10.6 Å². The molecule has 28 heavy (non-hydrogen) atoms. The minimum Gasteiger partial charge on any atom is -0.447 e. The van der Waals surface area contributed by atoms with Crippen LogP contribution in [0, 0.1) is 6.92 Å². The van der Waals surface area contributed by atoms with Gasteiger partial charge in [0.15, 0.2) is 0 Å². The van der Waals surface area contributed by atoms with Gasteiger partial charge in [0, 0.05) is 36.2 Å². The number of nitrogens with zero attached hydrogens (tertiary/aromatic N) is 2. The first-order valence-electron chi connectivity index (χ1n) is 9.52. The van der Waals surface area contributed by atoms with Crippen LogP contribution in [0.25, 0.3) is 0 Å². The number of hydrogen-bond donors (Lipinski definition) is 2. The molecule has 4 rings (SSSR count). The van der Waals surface area contributed by atoms with Crippen LogP contribution in [0.5, 0.6) is 0 Å². The highest BCUT2D eigenvalue weighted by Gasteiger charge is 2.27. The molecule has 7 heteroatoms. The quantitative estimate of drug-likeness (QED) is 0.849. The molecule has 0 bridgehead atoms. The van der Waals surface area contributed by atoms with Gasteiger partial charge in [-0.15, -0.1) is 0 Å². The van der Waals surface area contributed by atoms with E-state index >= 15 is 0 Å². The van der Waals surface area contributed by atoms with E-state index in [1.807, 2.05) is 60.4 Å². The Morgan fingerprint density at radius 3 is 2.71 bits per heavy atom. The summed E-state index contributed by atoms with van der Waals surface area (Å²) in [6.45, 7) is 4.20. The highest BCUT2D eigenvalue weighted by molar-refractivity contribution is 5.94. The number of carbonyl (C=O) groups is 2. The molecular formula is C21H24N4O3. The van der Waals surface area contributed by atoms with Gasteiger partial charge in [0.1, 0.15) is 6.61 Å². The number of carbonyl (C=O) groups excluding carboxylic acids is 2. The Morgan fingerprint density at radius 2 is 1.96 bits per heavy atom. The summed E-state index contributed by atoms with van der Waals surface area (Å²) in [6.07, 6.45) is 0.552. The number of urea groups is 1. The smallest absolute Gasteiger partial charge is 0.414 e. The highest BCUT2D eigenvalue weighted by atomic mass is 16.6. The van der Waals surface area contributed by atoms with Crippen molar-refractivity contribution in [2.45, 2.75) is 19.4 Å². The lowest BCUT2D eigenvalue weighted by Crippen LogP contribution is -2.35. The van der Waals surface area contributed by atoms with Crippen molar-refractivity contribution in [3.05, 3.63) is 54.1 Å². The molecule has 0 spiro atoms. The van der Waals surface area contributed by atoms with Crippen molar-refractivity contribution in [2.24, 2.45) is 0 Å². The largest absolute Gasteiger partial charge is 0.447 e. The number of para-hydroxylation sites is 1. The topological polar surface area (TPSA) is 73.9 Å². The second kappa shape index (κ2) is 7.80. The van der Waals surface area contributed by atoms with Crippen molar-refractivity contribution in [3.8, 4) is 0 Å². The standard InChI is InChI=1S/C21H24N4O3/c1-15-7-8-18(25-11-12-28-21(25)27)13-19(15)23-20(26)24-10-9-17(14-24)22-16-5-3-2-4-6-16/h2-8,13,17,22H,9-12,14H2,1H3,(H,23,26)/t17-/m0/s1.